The van der Waals surface area contributed by atoms with Crippen LogP contribution in [0.5, 0.6) is 0 Å². The van der Waals surface area contributed by atoms with E-state index in [2.05, 4.69) is 5.32 Å². The van der Waals surface area contributed by atoms with Crippen molar-refractivity contribution in [1.82, 2.24) is 5.32 Å². The van der Waals surface area contributed by atoms with Gasteiger partial charge in [0.2, 0.25) is 5.54 Å². The van der Waals surface area contributed by atoms with Crippen LogP contribution >= 0.6 is 0 Å². The molecule has 134 valence electrons. The Morgan fingerprint density at radius 2 is 1.60 bits per heavy atom. The molecule has 7 heteroatoms. The summed E-state index contributed by atoms with van der Waals surface area (Å²) in [5.74, 6) is -2.46. The van der Waals surface area contributed by atoms with Crippen LogP contribution in [0.15, 0.2) is 35.9 Å². The number of halogens is 1. The SMILES string of the molecule is CCOC(=O)C1(C(=O)OCC)C=C(C(C)=O)[C@H](c2ccc(F)cc2)N1. The number of rotatable bonds is 6. The van der Waals surface area contributed by atoms with Crippen molar-refractivity contribution < 1.29 is 28.2 Å². The maximum Gasteiger partial charge on any atom is 0.342 e. The van der Waals surface area contributed by atoms with E-state index in [1.165, 1.54) is 37.3 Å². The standard InChI is InChI=1S/C18H20FNO5/c1-4-24-16(22)18(17(23)25-5-2)10-14(11(3)21)15(20-18)12-6-8-13(19)9-7-12/h6-10,15,20H,4-5H2,1-3H3/t15-/m0/s1. The molecule has 1 heterocycles. The first-order valence-corrected chi connectivity index (χ1v) is 7.97. The number of carbonyl (C=O) groups excluding carboxylic acids is 3. The second-order valence-electron chi connectivity index (χ2n) is 5.53. The normalized spacial score (nSPS) is 18.4. The minimum Gasteiger partial charge on any atom is -0.464 e. The van der Waals surface area contributed by atoms with Crippen molar-refractivity contribution >= 4 is 17.7 Å². The van der Waals surface area contributed by atoms with E-state index in [9.17, 15) is 18.8 Å². The first-order valence-electron chi connectivity index (χ1n) is 7.97. The van der Waals surface area contributed by atoms with Crippen molar-refractivity contribution in [1.29, 1.82) is 0 Å². The van der Waals surface area contributed by atoms with Crippen LogP contribution in [0.1, 0.15) is 32.4 Å². The summed E-state index contributed by atoms with van der Waals surface area (Å²) in [6.45, 7) is 4.67. The van der Waals surface area contributed by atoms with E-state index in [-0.39, 0.29) is 24.6 Å². The highest BCUT2D eigenvalue weighted by Crippen LogP contribution is 2.35. The van der Waals surface area contributed by atoms with Crippen molar-refractivity contribution in [2.24, 2.45) is 0 Å². The Bertz CT molecular complexity index is 693. The Morgan fingerprint density at radius 3 is 2.04 bits per heavy atom. The number of carbonyl (C=O) groups is 3. The molecule has 1 aromatic rings. The Labute approximate surface area is 145 Å². The van der Waals surface area contributed by atoms with Gasteiger partial charge in [-0.25, -0.2) is 14.0 Å². The first kappa shape index (κ1) is 18.8. The van der Waals surface area contributed by atoms with Crippen molar-refractivity contribution in [2.75, 3.05) is 13.2 Å². The molecule has 0 saturated heterocycles. The molecule has 1 aliphatic heterocycles. The lowest BCUT2D eigenvalue weighted by Gasteiger charge is -2.26. The van der Waals surface area contributed by atoms with E-state index in [0.717, 1.165) is 0 Å². The van der Waals surface area contributed by atoms with Crippen LogP contribution in [0.25, 0.3) is 0 Å². The minimum atomic E-state index is -1.91. The van der Waals surface area contributed by atoms with Crippen molar-refractivity contribution in [2.45, 2.75) is 32.4 Å². The third kappa shape index (κ3) is 3.61. The lowest BCUT2D eigenvalue weighted by molar-refractivity contribution is -0.162. The highest BCUT2D eigenvalue weighted by molar-refractivity contribution is 6.11. The molecule has 0 aromatic heterocycles. The van der Waals surface area contributed by atoms with Gasteiger partial charge in [-0.3, -0.25) is 10.1 Å². The van der Waals surface area contributed by atoms with Crippen LogP contribution in [-0.4, -0.2) is 36.5 Å². The zero-order valence-corrected chi connectivity index (χ0v) is 14.3. The van der Waals surface area contributed by atoms with Crippen molar-refractivity contribution in [3.05, 3.63) is 47.3 Å². The van der Waals surface area contributed by atoms with Crippen LogP contribution in [0.3, 0.4) is 0 Å². The number of nitrogens with one attached hydrogen (secondary N) is 1. The van der Waals surface area contributed by atoms with E-state index < -0.39 is 29.3 Å². The Balaban J connectivity index is 2.51. The van der Waals surface area contributed by atoms with E-state index in [1.54, 1.807) is 13.8 Å². The largest absolute Gasteiger partial charge is 0.464 e. The molecule has 1 atom stereocenters. The predicted octanol–water partition coefficient (Wildman–Crippen LogP) is 1.85. The zero-order chi connectivity index (χ0) is 18.6. The summed E-state index contributed by atoms with van der Waals surface area (Å²) in [6, 6.07) is 4.69. The second-order valence-corrected chi connectivity index (χ2v) is 5.53. The highest BCUT2D eigenvalue weighted by atomic mass is 19.1. The molecule has 1 aromatic carbocycles. The van der Waals surface area contributed by atoms with Gasteiger partial charge >= 0.3 is 11.9 Å². The van der Waals surface area contributed by atoms with Crippen LogP contribution in [-0.2, 0) is 23.9 Å². The molecule has 1 N–H and O–H groups in total. The van der Waals surface area contributed by atoms with Crippen molar-refractivity contribution in [3.8, 4) is 0 Å². The van der Waals surface area contributed by atoms with Crippen LogP contribution in [0, 0.1) is 5.82 Å². The summed E-state index contributed by atoms with van der Waals surface area (Å²) < 4.78 is 23.2. The number of hydrogen-bond acceptors (Lipinski definition) is 6. The van der Waals surface area contributed by atoms with Gasteiger partial charge in [-0.1, -0.05) is 12.1 Å². The summed E-state index contributed by atoms with van der Waals surface area (Å²) in [4.78, 5) is 37.0. The van der Waals surface area contributed by atoms with Gasteiger partial charge in [0.25, 0.3) is 0 Å². The van der Waals surface area contributed by atoms with Gasteiger partial charge in [0.15, 0.2) is 5.78 Å². The number of esters is 2. The fraction of sp³-hybridized carbons (Fsp3) is 0.389. The molecular weight excluding hydrogens is 329 g/mol. The molecule has 0 bridgehead atoms. The zero-order valence-electron chi connectivity index (χ0n) is 14.3. The number of hydrogen-bond donors (Lipinski definition) is 1. The molecule has 0 radical (unpaired) electrons. The molecule has 0 amide bonds. The fourth-order valence-corrected chi connectivity index (χ4v) is 2.70. The number of benzene rings is 1. The summed E-state index contributed by atoms with van der Waals surface area (Å²) in [7, 11) is 0. The Hall–Kier alpha value is -2.54. The third-order valence-corrected chi connectivity index (χ3v) is 3.86. The molecule has 2 rings (SSSR count). The van der Waals surface area contributed by atoms with Gasteiger partial charge in [-0.2, -0.15) is 0 Å². The minimum absolute atomic E-state index is 0.0616. The van der Waals surface area contributed by atoms with Gasteiger partial charge < -0.3 is 9.47 Å². The molecule has 1 aliphatic rings. The predicted molar refractivity (Wildman–Crippen MR) is 87.0 cm³/mol. The maximum atomic E-state index is 13.2. The van der Waals surface area contributed by atoms with Crippen LogP contribution < -0.4 is 5.32 Å². The molecule has 6 nitrogen and oxygen atoms in total. The quantitative estimate of drug-likeness (QED) is 0.623. The van der Waals surface area contributed by atoms with Gasteiger partial charge in [-0.15, -0.1) is 0 Å². The van der Waals surface area contributed by atoms with E-state index >= 15 is 0 Å². The summed E-state index contributed by atoms with van der Waals surface area (Å²) in [5.41, 5.74) is -1.16. The molecular formula is C18H20FNO5. The van der Waals surface area contributed by atoms with E-state index in [4.69, 9.17) is 9.47 Å². The average molecular weight is 349 g/mol. The Kier molecular flexibility index (Phi) is 5.69. The first-order chi connectivity index (χ1) is 11.9. The van der Waals surface area contributed by atoms with Gasteiger partial charge in [-0.05, 0) is 44.5 Å². The number of Topliss-reactive ketones (excluding diaryl/α,β-unsaturated/α-hetero) is 1. The maximum absolute atomic E-state index is 13.2. The number of ether oxygens (including phenoxy) is 2. The molecule has 0 fully saturated rings. The smallest absolute Gasteiger partial charge is 0.342 e. The van der Waals surface area contributed by atoms with Gasteiger partial charge in [0.05, 0.1) is 19.3 Å². The van der Waals surface area contributed by atoms with Gasteiger partial charge in [0, 0.05) is 5.57 Å². The Morgan fingerprint density at radius 1 is 1.08 bits per heavy atom. The van der Waals surface area contributed by atoms with Crippen LogP contribution in [0.4, 0.5) is 4.39 Å². The van der Waals surface area contributed by atoms with Crippen LogP contribution in [0.2, 0.25) is 0 Å². The third-order valence-electron chi connectivity index (χ3n) is 3.86. The average Bonchev–Trinajstić information content (AvgIpc) is 2.98. The lowest BCUT2D eigenvalue weighted by atomic mass is 9.97. The molecule has 0 aliphatic carbocycles. The summed E-state index contributed by atoms with van der Waals surface area (Å²) >= 11 is 0. The van der Waals surface area contributed by atoms with E-state index in [0.29, 0.717) is 5.56 Å². The second kappa shape index (κ2) is 7.57. The van der Waals surface area contributed by atoms with E-state index in [1.807, 2.05) is 0 Å². The molecule has 25 heavy (non-hydrogen) atoms. The fourth-order valence-electron chi connectivity index (χ4n) is 2.70. The van der Waals surface area contributed by atoms with Crippen molar-refractivity contribution in [3.63, 3.8) is 0 Å². The lowest BCUT2D eigenvalue weighted by Crippen LogP contribution is -2.56. The van der Waals surface area contributed by atoms with Gasteiger partial charge in [0.1, 0.15) is 5.82 Å². The monoisotopic (exact) mass is 349 g/mol. The summed E-state index contributed by atoms with van der Waals surface area (Å²) in [6.07, 6.45) is 1.25. The molecule has 0 spiro atoms. The molecule has 0 saturated carbocycles. The topological polar surface area (TPSA) is 81.7 Å². The number of ketones is 1. The molecule has 0 unspecified atom stereocenters. The summed E-state index contributed by atoms with van der Waals surface area (Å²) in [5, 5.41) is 2.86. The highest BCUT2D eigenvalue weighted by Gasteiger charge is 2.54.